The fraction of sp³-hybridized carbons (Fsp3) is 0.500. The summed E-state index contributed by atoms with van der Waals surface area (Å²) in [5, 5.41) is 0.720. The first-order chi connectivity index (χ1) is 10.3. The molecule has 0 atom stereocenters. The van der Waals surface area contributed by atoms with Crippen molar-refractivity contribution in [1.82, 2.24) is 5.48 Å². The lowest BCUT2D eigenvalue weighted by molar-refractivity contribution is 0.0847. The number of unbranched alkanes of at least 4 members (excludes halogenated alkanes) is 2. The monoisotopic (exact) mass is 312 g/mol. The zero-order valence-electron chi connectivity index (χ0n) is 12.6. The topological polar surface area (TPSA) is 56.5 Å². The van der Waals surface area contributed by atoms with Gasteiger partial charge in [-0.3, -0.25) is 10.3 Å². The highest BCUT2D eigenvalue weighted by molar-refractivity contribution is 6.30. The molecular weight excluding hydrogens is 288 g/mol. The Morgan fingerprint density at radius 1 is 1.24 bits per heavy atom. The molecule has 0 spiro atoms. The van der Waals surface area contributed by atoms with Crippen LogP contribution in [0.2, 0.25) is 5.02 Å². The van der Waals surface area contributed by atoms with Gasteiger partial charge in [-0.05, 0) is 43.9 Å². The smallest absolute Gasteiger partial charge is 0.0868 e. The first-order valence-electron chi connectivity index (χ1n) is 7.39. The summed E-state index contributed by atoms with van der Waals surface area (Å²) in [5.41, 5.74) is 10.4. The molecule has 0 radical (unpaired) electrons. The van der Waals surface area contributed by atoms with E-state index in [0.717, 1.165) is 48.8 Å². The predicted octanol–water partition coefficient (Wildman–Crippen LogP) is 3.37. The van der Waals surface area contributed by atoms with E-state index in [4.69, 9.17) is 26.9 Å². The quantitative estimate of drug-likeness (QED) is 0.486. The summed E-state index contributed by atoms with van der Waals surface area (Å²) in [6.45, 7) is 4.56. The number of hydrogen-bond donors (Lipinski definition) is 2. The number of hydrogen-bond acceptors (Lipinski definition) is 4. The minimum absolute atomic E-state index is 0.468. The Morgan fingerprint density at radius 2 is 2.00 bits per heavy atom. The summed E-state index contributed by atoms with van der Waals surface area (Å²) in [6.07, 6.45) is 5.23. The van der Waals surface area contributed by atoms with E-state index in [1.54, 1.807) is 0 Å². The van der Waals surface area contributed by atoms with Crippen LogP contribution in [0.25, 0.3) is 5.70 Å². The van der Waals surface area contributed by atoms with Gasteiger partial charge in [0.2, 0.25) is 0 Å². The van der Waals surface area contributed by atoms with Gasteiger partial charge in [-0.2, -0.15) is 0 Å². The lowest BCUT2D eigenvalue weighted by Crippen LogP contribution is -2.18. The van der Waals surface area contributed by atoms with Crippen molar-refractivity contribution in [3.05, 3.63) is 40.9 Å². The number of benzene rings is 1. The number of allylic oxidation sites excluding steroid dienone is 1. The molecule has 0 amide bonds. The highest BCUT2D eigenvalue weighted by Crippen LogP contribution is 2.17. The number of rotatable bonds is 11. The van der Waals surface area contributed by atoms with Crippen LogP contribution >= 0.6 is 11.6 Å². The summed E-state index contributed by atoms with van der Waals surface area (Å²) < 4.78 is 5.33. The van der Waals surface area contributed by atoms with Crippen molar-refractivity contribution in [1.29, 1.82) is 0 Å². The van der Waals surface area contributed by atoms with E-state index in [-0.39, 0.29) is 0 Å². The van der Waals surface area contributed by atoms with Crippen molar-refractivity contribution in [2.24, 2.45) is 5.73 Å². The highest BCUT2D eigenvalue weighted by Gasteiger charge is 2.01. The van der Waals surface area contributed by atoms with E-state index in [0.29, 0.717) is 13.2 Å². The number of ether oxygens (including phenoxy) is 1. The molecule has 0 heterocycles. The van der Waals surface area contributed by atoms with Crippen LogP contribution in [0.15, 0.2) is 30.3 Å². The number of hydroxylamine groups is 1. The Labute approximate surface area is 132 Å². The van der Waals surface area contributed by atoms with Crippen LogP contribution in [0, 0.1) is 0 Å². The average Bonchev–Trinajstić information content (AvgIpc) is 2.50. The van der Waals surface area contributed by atoms with E-state index in [2.05, 4.69) is 11.6 Å². The summed E-state index contributed by atoms with van der Waals surface area (Å²) in [5.74, 6) is 0. The normalized spacial score (nSPS) is 11.7. The molecule has 4 nitrogen and oxygen atoms in total. The van der Waals surface area contributed by atoms with Gasteiger partial charge in [0.25, 0.3) is 0 Å². The maximum absolute atomic E-state index is 5.92. The molecule has 1 aromatic rings. The molecule has 0 aliphatic carbocycles. The third-order valence-electron chi connectivity index (χ3n) is 2.85. The van der Waals surface area contributed by atoms with E-state index in [9.17, 15) is 0 Å². The van der Waals surface area contributed by atoms with Crippen molar-refractivity contribution < 1.29 is 9.57 Å². The van der Waals surface area contributed by atoms with Crippen LogP contribution < -0.4 is 11.2 Å². The Balaban J connectivity index is 2.52. The minimum atomic E-state index is 0.468. The predicted molar refractivity (Wildman–Crippen MR) is 87.9 cm³/mol. The first kappa shape index (κ1) is 18.0. The zero-order chi connectivity index (χ0) is 15.3. The molecule has 0 aliphatic rings. The van der Waals surface area contributed by atoms with Crippen molar-refractivity contribution in [3.8, 4) is 0 Å². The molecule has 118 valence electrons. The third-order valence-corrected chi connectivity index (χ3v) is 3.10. The maximum atomic E-state index is 5.92. The van der Waals surface area contributed by atoms with Crippen LogP contribution in [0.4, 0.5) is 0 Å². The largest absolute Gasteiger partial charge is 0.382 e. The standard InChI is InChI=1S/C16H25ClN2O2/c1-2-20-12-5-3-4-6-16(19-21-13-11-18)14-7-9-15(17)10-8-14/h6-10,19H,2-5,11-13,18H2,1H3. The molecule has 1 rings (SSSR count). The second-order valence-electron chi connectivity index (χ2n) is 4.56. The van der Waals surface area contributed by atoms with Gasteiger partial charge in [0.1, 0.15) is 0 Å². The summed E-state index contributed by atoms with van der Waals surface area (Å²) in [6, 6.07) is 7.66. The number of halogens is 1. The second kappa shape index (κ2) is 11.6. The molecule has 5 heteroatoms. The van der Waals surface area contributed by atoms with E-state index in [1.807, 2.05) is 31.2 Å². The van der Waals surface area contributed by atoms with Crippen molar-refractivity contribution in [2.45, 2.75) is 26.2 Å². The lowest BCUT2D eigenvalue weighted by atomic mass is 10.1. The summed E-state index contributed by atoms with van der Waals surface area (Å²) in [7, 11) is 0. The molecule has 0 saturated carbocycles. The van der Waals surface area contributed by atoms with Crippen LogP contribution in [0.1, 0.15) is 31.7 Å². The molecule has 3 N–H and O–H groups in total. The lowest BCUT2D eigenvalue weighted by Gasteiger charge is -2.11. The molecule has 21 heavy (non-hydrogen) atoms. The van der Waals surface area contributed by atoms with Gasteiger partial charge in [-0.1, -0.05) is 29.8 Å². The fourth-order valence-corrected chi connectivity index (χ4v) is 1.90. The van der Waals surface area contributed by atoms with Crippen molar-refractivity contribution in [2.75, 3.05) is 26.4 Å². The van der Waals surface area contributed by atoms with Gasteiger partial charge >= 0.3 is 0 Å². The maximum Gasteiger partial charge on any atom is 0.0868 e. The summed E-state index contributed by atoms with van der Waals surface area (Å²) in [4.78, 5) is 5.32. The molecule has 1 aromatic carbocycles. The Morgan fingerprint density at radius 3 is 2.67 bits per heavy atom. The Hall–Kier alpha value is -1.07. The third kappa shape index (κ3) is 8.07. The van der Waals surface area contributed by atoms with Crippen molar-refractivity contribution >= 4 is 17.3 Å². The van der Waals surface area contributed by atoms with Gasteiger partial charge in [0.05, 0.1) is 12.3 Å². The van der Waals surface area contributed by atoms with Crippen LogP contribution in [-0.4, -0.2) is 26.4 Å². The SMILES string of the molecule is CCOCCCCC=C(NOCCN)c1ccc(Cl)cc1. The van der Waals surface area contributed by atoms with Gasteiger partial charge in [0.15, 0.2) is 0 Å². The fourth-order valence-electron chi connectivity index (χ4n) is 1.77. The molecule has 0 bridgehead atoms. The molecule has 0 fully saturated rings. The van der Waals surface area contributed by atoms with Crippen molar-refractivity contribution in [3.63, 3.8) is 0 Å². The number of nitrogens with two attached hydrogens (primary N) is 1. The van der Waals surface area contributed by atoms with Gasteiger partial charge in [-0.15, -0.1) is 0 Å². The molecule has 0 saturated heterocycles. The van der Waals surface area contributed by atoms with Crippen LogP contribution in [-0.2, 0) is 9.57 Å². The van der Waals surface area contributed by atoms with Crippen LogP contribution in [0.5, 0.6) is 0 Å². The van der Waals surface area contributed by atoms with E-state index >= 15 is 0 Å². The van der Waals surface area contributed by atoms with Gasteiger partial charge < -0.3 is 10.5 Å². The molecule has 0 aromatic heterocycles. The molecular formula is C16H25ClN2O2. The van der Waals surface area contributed by atoms with E-state index < -0.39 is 0 Å². The Bertz CT molecular complexity index is 407. The molecule has 0 unspecified atom stereocenters. The van der Waals surface area contributed by atoms with Gasteiger partial charge in [-0.25, -0.2) is 0 Å². The second-order valence-corrected chi connectivity index (χ2v) is 4.99. The first-order valence-corrected chi connectivity index (χ1v) is 7.77. The van der Waals surface area contributed by atoms with Crippen LogP contribution in [0.3, 0.4) is 0 Å². The molecule has 0 aliphatic heterocycles. The average molecular weight is 313 g/mol. The Kier molecular flexibility index (Phi) is 9.91. The zero-order valence-corrected chi connectivity index (χ0v) is 13.4. The highest BCUT2D eigenvalue weighted by atomic mass is 35.5. The minimum Gasteiger partial charge on any atom is -0.382 e. The number of nitrogens with one attached hydrogen (secondary N) is 1. The van der Waals surface area contributed by atoms with E-state index in [1.165, 1.54) is 0 Å². The summed E-state index contributed by atoms with van der Waals surface area (Å²) >= 11 is 5.92. The van der Waals surface area contributed by atoms with Gasteiger partial charge in [0, 0.05) is 24.8 Å².